The summed E-state index contributed by atoms with van der Waals surface area (Å²) >= 11 is 0. The van der Waals surface area contributed by atoms with Gasteiger partial charge in [0.2, 0.25) is 0 Å². The lowest BCUT2D eigenvalue weighted by atomic mass is 10.1. The van der Waals surface area contributed by atoms with Crippen molar-refractivity contribution in [3.05, 3.63) is 42.0 Å². The van der Waals surface area contributed by atoms with Gasteiger partial charge in [-0.15, -0.1) is 0 Å². The summed E-state index contributed by atoms with van der Waals surface area (Å²) in [6.45, 7) is 2.96. The van der Waals surface area contributed by atoms with Crippen LogP contribution in [0, 0.1) is 6.92 Å². The minimum atomic E-state index is -0.928. The number of amides is 1. The number of morpholine rings is 1. The zero-order valence-electron chi connectivity index (χ0n) is 13.3. The van der Waals surface area contributed by atoms with E-state index in [0.717, 1.165) is 11.3 Å². The van der Waals surface area contributed by atoms with E-state index < -0.39 is 12.1 Å². The molecule has 24 heavy (non-hydrogen) atoms. The molecule has 1 fully saturated rings. The Morgan fingerprint density at radius 3 is 2.92 bits per heavy atom. The molecule has 8 nitrogen and oxygen atoms in total. The van der Waals surface area contributed by atoms with Crippen LogP contribution in [0.3, 0.4) is 0 Å². The highest BCUT2D eigenvalue weighted by molar-refractivity contribution is 5.96. The number of rotatable bonds is 4. The summed E-state index contributed by atoms with van der Waals surface area (Å²) in [6.07, 6.45) is 2.47. The molecule has 2 heterocycles. The maximum absolute atomic E-state index is 12.7. The molecule has 0 spiro atoms. The van der Waals surface area contributed by atoms with Crippen LogP contribution in [-0.2, 0) is 9.53 Å². The van der Waals surface area contributed by atoms with Crippen LogP contribution in [0.5, 0.6) is 0 Å². The van der Waals surface area contributed by atoms with E-state index in [2.05, 4.69) is 10.1 Å². The third-order valence-corrected chi connectivity index (χ3v) is 3.95. The number of benzene rings is 1. The van der Waals surface area contributed by atoms with Gasteiger partial charge in [-0.05, 0) is 30.7 Å². The Bertz CT molecular complexity index is 745. The van der Waals surface area contributed by atoms with Crippen molar-refractivity contribution < 1.29 is 19.4 Å². The Kier molecular flexibility index (Phi) is 4.57. The van der Waals surface area contributed by atoms with E-state index in [4.69, 9.17) is 9.84 Å². The van der Waals surface area contributed by atoms with E-state index in [9.17, 15) is 9.59 Å². The van der Waals surface area contributed by atoms with Gasteiger partial charge in [-0.3, -0.25) is 9.59 Å². The van der Waals surface area contributed by atoms with Crippen LogP contribution in [0.1, 0.15) is 22.3 Å². The first-order valence-electron chi connectivity index (χ1n) is 7.63. The summed E-state index contributed by atoms with van der Waals surface area (Å²) in [7, 11) is 0. The Labute approximate surface area is 138 Å². The molecule has 1 aromatic carbocycles. The summed E-state index contributed by atoms with van der Waals surface area (Å²) < 4.78 is 7.03. The van der Waals surface area contributed by atoms with Gasteiger partial charge < -0.3 is 14.7 Å². The highest BCUT2D eigenvalue weighted by Crippen LogP contribution is 2.18. The molecule has 0 bridgehead atoms. The number of aromatic nitrogens is 3. The van der Waals surface area contributed by atoms with E-state index in [0.29, 0.717) is 18.7 Å². The number of hydrogen-bond donors (Lipinski definition) is 1. The second-order valence-electron chi connectivity index (χ2n) is 5.68. The van der Waals surface area contributed by atoms with Gasteiger partial charge in [-0.25, -0.2) is 9.67 Å². The van der Waals surface area contributed by atoms with Gasteiger partial charge in [0, 0.05) is 18.7 Å². The van der Waals surface area contributed by atoms with E-state index in [1.807, 2.05) is 19.1 Å². The zero-order chi connectivity index (χ0) is 17.1. The van der Waals surface area contributed by atoms with Crippen LogP contribution in [0.25, 0.3) is 5.69 Å². The Hall–Kier alpha value is -2.74. The molecule has 0 unspecified atom stereocenters. The predicted molar refractivity (Wildman–Crippen MR) is 84.0 cm³/mol. The van der Waals surface area contributed by atoms with Crippen molar-refractivity contribution >= 4 is 11.9 Å². The van der Waals surface area contributed by atoms with Crippen molar-refractivity contribution in [2.75, 3.05) is 19.7 Å². The summed E-state index contributed by atoms with van der Waals surface area (Å²) in [5.74, 6) is -1.04. The van der Waals surface area contributed by atoms with Gasteiger partial charge in [0.25, 0.3) is 5.91 Å². The van der Waals surface area contributed by atoms with Crippen LogP contribution in [0.2, 0.25) is 0 Å². The van der Waals surface area contributed by atoms with Gasteiger partial charge in [-0.2, -0.15) is 5.10 Å². The monoisotopic (exact) mass is 330 g/mol. The van der Waals surface area contributed by atoms with E-state index in [1.165, 1.54) is 6.33 Å². The van der Waals surface area contributed by atoms with Gasteiger partial charge in [0.15, 0.2) is 0 Å². The van der Waals surface area contributed by atoms with E-state index >= 15 is 0 Å². The Morgan fingerprint density at radius 2 is 2.25 bits per heavy atom. The number of ether oxygens (including phenoxy) is 1. The van der Waals surface area contributed by atoms with Crippen molar-refractivity contribution in [2.45, 2.75) is 19.4 Å². The molecular weight excluding hydrogens is 312 g/mol. The molecular formula is C16H18N4O4. The SMILES string of the molecule is Cc1cc(-n2cncn2)ccc1C(=O)N1CCO[C@@H](CC(=O)O)C1. The number of carboxylic acid groups (broad SMARTS) is 1. The summed E-state index contributed by atoms with van der Waals surface area (Å²) in [5, 5.41) is 12.9. The number of aryl methyl sites for hydroxylation is 1. The number of carbonyl (C=O) groups is 2. The molecule has 1 aliphatic heterocycles. The number of nitrogens with zero attached hydrogens (tertiary/aromatic N) is 4. The van der Waals surface area contributed by atoms with Crippen molar-refractivity contribution in [1.29, 1.82) is 0 Å². The molecule has 0 aliphatic carbocycles. The predicted octanol–water partition coefficient (Wildman–Crippen LogP) is 0.891. The second kappa shape index (κ2) is 6.79. The zero-order valence-corrected chi connectivity index (χ0v) is 13.3. The van der Waals surface area contributed by atoms with E-state index in [1.54, 1.807) is 22.0 Å². The molecule has 8 heteroatoms. The molecule has 3 rings (SSSR count). The molecule has 0 saturated carbocycles. The van der Waals surface area contributed by atoms with Gasteiger partial charge >= 0.3 is 5.97 Å². The highest BCUT2D eigenvalue weighted by atomic mass is 16.5. The van der Waals surface area contributed by atoms with Crippen LogP contribution in [0.15, 0.2) is 30.9 Å². The van der Waals surface area contributed by atoms with E-state index in [-0.39, 0.29) is 18.9 Å². The highest BCUT2D eigenvalue weighted by Gasteiger charge is 2.27. The topological polar surface area (TPSA) is 97.5 Å². The quantitative estimate of drug-likeness (QED) is 0.894. The molecule has 2 aromatic rings. The molecule has 0 radical (unpaired) electrons. The lowest BCUT2D eigenvalue weighted by Gasteiger charge is -2.32. The van der Waals surface area contributed by atoms with Crippen molar-refractivity contribution in [3.63, 3.8) is 0 Å². The lowest BCUT2D eigenvalue weighted by Crippen LogP contribution is -2.46. The van der Waals surface area contributed by atoms with Crippen molar-refractivity contribution in [2.24, 2.45) is 0 Å². The first-order chi connectivity index (χ1) is 11.5. The average molecular weight is 330 g/mol. The van der Waals surface area contributed by atoms with Crippen molar-refractivity contribution in [3.8, 4) is 5.69 Å². The van der Waals surface area contributed by atoms with Gasteiger partial charge in [0.05, 0.1) is 24.8 Å². The molecule has 1 aliphatic rings. The van der Waals surface area contributed by atoms with Gasteiger partial charge in [0.1, 0.15) is 12.7 Å². The number of carboxylic acids is 1. The minimum absolute atomic E-state index is 0.103. The molecule has 1 amide bonds. The molecule has 1 atom stereocenters. The standard InChI is InChI=1S/C16H18N4O4/c1-11-6-12(20-10-17-9-18-20)2-3-14(11)16(23)19-4-5-24-13(8-19)7-15(21)22/h2-3,6,9-10,13H,4-5,7-8H2,1H3,(H,21,22)/t13-/m0/s1. The van der Waals surface area contributed by atoms with Gasteiger partial charge in [-0.1, -0.05) is 0 Å². The third-order valence-electron chi connectivity index (χ3n) is 3.95. The minimum Gasteiger partial charge on any atom is -0.481 e. The van der Waals surface area contributed by atoms with Crippen molar-refractivity contribution in [1.82, 2.24) is 19.7 Å². The molecule has 1 aromatic heterocycles. The maximum atomic E-state index is 12.7. The number of carbonyl (C=O) groups excluding carboxylic acids is 1. The molecule has 126 valence electrons. The Balaban J connectivity index is 1.76. The first-order valence-corrected chi connectivity index (χ1v) is 7.63. The lowest BCUT2D eigenvalue weighted by molar-refractivity contribution is -0.141. The normalized spacial score (nSPS) is 17.7. The smallest absolute Gasteiger partial charge is 0.306 e. The third kappa shape index (κ3) is 3.43. The van der Waals surface area contributed by atoms with Crippen LogP contribution in [0.4, 0.5) is 0 Å². The number of hydrogen-bond acceptors (Lipinski definition) is 5. The molecule has 1 N–H and O–H groups in total. The van der Waals surface area contributed by atoms with Crippen LogP contribution < -0.4 is 0 Å². The fourth-order valence-corrected chi connectivity index (χ4v) is 2.76. The average Bonchev–Trinajstić information content (AvgIpc) is 3.08. The second-order valence-corrected chi connectivity index (χ2v) is 5.68. The fourth-order valence-electron chi connectivity index (χ4n) is 2.76. The fraction of sp³-hybridized carbons (Fsp3) is 0.375. The maximum Gasteiger partial charge on any atom is 0.306 e. The Morgan fingerprint density at radius 1 is 1.42 bits per heavy atom. The number of aliphatic carboxylic acids is 1. The summed E-state index contributed by atoms with van der Waals surface area (Å²) in [5.41, 5.74) is 2.25. The summed E-state index contributed by atoms with van der Waals surface area (Å²) in [6, 6.07) is 5.44. The van der Waals surface area contributed by atoms with Crippen LogP contribution in [-0.4, -0.2) is 62.4 Å². The summed E-state index contributed by atoms with van der Waals surface area (Å²) in [4.78, 5) is 29.1. The van der Waals surface area contributed by atoms with Crippen LogP contribution >= 0.6 is 0 Å². The largest absolute Gasteiger partial charge is 0.481 e. The first kappa shape index (κ1) is 16.1. The molecule has 1 saturated heterocycles.